The van der Waals surface area contributed by atoms with Crippen LogP contribution in [-0.2, 0) is 17.6 Å². The molecule has 1 nitrogen and oxygen atoms in total. The fourth-order valence-corrected chi connectivity index (χ4v) is 3.15. The fraction of sp³-hybridized carbons (Fsp3) is 0.571. The summed E-state index contributed by atoms with van der Waals surface area (Å²) < 4.78 is 5.66. The second-order valence-corrected chi connectivity index (χ2v) is 5.31. The molecule has 86 valence electrons. The molecule has 0 N–H and O–H groups in total. The second-order valence-electron chi connectivity index (χ2n) is 4.83. The van der Waals surface area contributed by atoms with E-state index < -0.39 is 0 Å². The quantitative estimate of drug-likeness (QED) is 0.713. The Morgan fingerprint density at radius 3 is 2.88 bits per heavy atom. The Morgan fingerprint density at radius 1 is 1.19 bits per heavy atom. The predicted octanol–water partition coefficient (Wildman–Crippen LogP) is 3.63. The summed E-state index contributed by atoms with van der Waals surface area (Å²) in [5, 5.41) is 0.0356. The van der Waals surface area contributed by atoms with E-state index in [0.717, 1.165) is 19.4 Å². The van der Waals surface area contributed by atoms with Crippen molar-refractivity contribution in [3.05, 3.63) is 34.9 Å². The second kappa shape index (κ2) is 4.38. The molecule has 3 rings (SSSR count). The molecular weight excluding hydrogens is 220 g/mol. The summed E-state index contributed by atoms with van der Waals surface area (Å²) >= 11 is 6.49. The first-order valence-corrected chi connectivity index (χ1v) is 6.65. The molecule has 1 aliphatic carbocycles. The first kappa shape index (κ1) is 10.6. The maximum absolute atomic E-state index is 6.49. The lowest BCUT2D eigenvalue weighted by atomic mass is 10.0. The highest BCUT2D eigenvalue weighted by Gasteiger charge is 2.26. The molecule has 0 saturated carbocycles. The zero-order valence-electron chi connectivity index (χ0n) is 9.42. The molecule has 1 saturated heterocycles. The summed E-state index contributed by atoms with van der Waals surface area (Å²) in [6, 6.07) is 6.73. The van der Waals surface area contributed by atoms with Gasteiger partial charge >= 0.3 is 0 Å². The van der Waals surface area contributed by atoms with Crippen molar-refractivity contribution in [1.29, 1.82) is 0 Å². The minimum absolute atomic E-state index is 0.0356. The summed E-state index contributed by atoms with van der Waals surface area (Å²) in [5.41, 5.74) is 4.26. The summed E-state index contributed by atoms with van der Waals surface area (Å²) in [5.74, 6) is 0. The molecular formula is C14H17ClO. The zero-order valence-corrected chi connectivity index (χ0v) is 10.2. The average Bonchev–Trinajstić information content (AvgIpc) is 2.98. The largest absolute Gasteiger partial charge is 0.376 e. The smallest absolute Gasteiger partial charge is 0.0847 e. The Morgan fingerprint density at radius 2 is 2.06 bits per heavy atom. The summed E-state index contributed by atoms with van der Waals surface area (Å²) in [7, 11) is 0. The standard InChI is InChI=1S/C14H17ClO/c15-14(13-5-2-8-16-13)12-7-6-10-3-1-4-11(10)9-12/h6-7,9,13-14H,1-5,8H2. The fourth-order valence-electron chi connectivity index (χ4n) is 2.81. The molecule has 1 fully saturated rings. The molecule has 0 aromatic heterocycles. The van der Waals surface area contributed by atoms with Gasteiger partial charge in [0.15, 0.2) is 0 Å². The SMILES string of the molecule is ClC(c1ccc2c(c1)CCC2)C1CCCO1. The number of hydrogen-bond donors (Lipinski definition) is 0. The van der Waals surface area contributed by atoms with Crippen LogP contribution in [0.5, 0.6) is 0 Å². The van der Waals surface area contributed by atoms with Gasteiger partial charge < -0.3 is 4.74 Å². The van der Waals surface area contributed by atoms with Crippen LogP contribution >= 0.6 is 11.6 Å². The van der Waals surface area contributed by atoms with Crippen molar-refractivity contribution >= 4 is 11.6 Å². The Labute approximate surface area is 102 Å². The van der Waals surface area contributed by atoms with Crippen LogP contribution in [0.2, 0.25) is 0 Å². The van der Waals surface area contributed by atoms with Gasteiger partial charge in [0.05, 0.1) is 11.5 Å². The Balaban J connectivity index is 1.83. The van der Waals surface area contributed by atoms with Crippen molar-refractivity contribution in [2.75, 3.05) is 6.61 Å². The van der Waals surface area contributed by atoms with E-state index in [4.69, 9.17) is 16.3 Å². The molecule has 16 heavy (non-hydrogen) atoms. The van der Waals surface area contributed by atoms with E-state index in [1.54, 1.807) is 0 Å². The highest BCUT2D eigenvalue weighted by Crippen LogP contribution is 2.34. The Kier molecular flexibility index (Phi) is 2.91. The number of aryl methyl sites for hydroxylation is 2. The van der Waals surface area contributed by atoms with Crippen molar-refractivity contribution < 1.29 is 4.74 Å². The molecule has 2 unspecified atom stereocenters. The number of fused-ring (bicyclic) bond motifs is 1. The van der Waals surface area contributed by atoms with E-state index in [-0.39, 0.29) is 11.5 Å². The van der Waals surface area contributed by atoms with Crippen LogP contribution in [0.3, 0.4) is 0 Å². The maximum atomic E-state index is 6.49. The van der Waals surface area contributed by atoms with Gasteiger partial charge in [-0.15, -0.1) is 11.6 Å². The van der Waals surface area contributed by atoms with E-state index in [1.807, 2.05) is 0 Å². The zero-order chi connectivity index (χ0) is 11.0. The van der Waals surface area contributed by atoms with Gasteiger partial charge in [-0.3, -0.25) is 0 Å². The van der Waals surface area contributed by atoms with Crippen LogP contribution in [0.4, 0.5) is 0 Å². The number of rotatable bonds is 2. The molecule has 1 aromatic rings. The highest BCUT2D eigenvalue weighted by atomic mass is 35.5. The monoisotopic (exact) mass is 236 g/mol. The normalized spacial score (nSPS) is 25.7. The van der Waals surface area contributed by atoms with Gasteiger partial charge in [0.2, 0.25) is 0 Å². The molecule has 0 spiro atoms. The van der Waals surface area contributed by atoms with Crippen LogP contribution in [0.1, 0.15) is 41.3 Å². The van der Waals surface area contributed by atoms with Crippen molar-refractivity contribution in [3.8, 4) is 0 Å². The third-order valence-electron chi connectivity index (χ3n) is 3.73. The summed E-state index contributed by atoms with van der Waals surface area (Å²) in [4.78, 5) is 0. The van der Waals surface area contributed by atoms with Gasteiger partial charge in [-0.1, -0.05) is 18.2 Å². The average molecular weight is 237 g/mol. The van der Waals surface area contributed by atoms with Gasteiger partial charge in [0.25, 0.3) is 0 Å². The van der Waals surface area contributed by atoms with Crippen LogP contribution in [0.25, 0.3) is 0 Å². The number of hydrogen-bond acceptors (Lipinski definition) is 1. The lowest BCUT2D eigenvalue weighted by Gasteiger charge is -2.17. The van der Waals surface area contributed by atoms with Crippen LogP contribution in [0.15, 0.2) is 18.2 Å². The lowest BCUT2D eigenvalue weighted by Crippen LogP contribution is -2.12. The topological polar surface area (TPSA) is 9.23 Å². The number of ether oxygens (including phenoxy) is 1. The van der Waals surface area contributed by atoms with Crippen LogP contribution in [-0.4, -0.2) is 12.7 Å². The van der Waals surface area contributed by atoms with E-state index in [0.29, 0.717) is 0 Å². The van der Waals surface area contributed by atoms with Crippen LogP contribution < -0.4 is 0 Å². The Hall–Kier alpha value is -0.530. The Bertz CT molecular complexity index is 382. The third kappa shape index (κ3) is 1.87. The molecule has 1 aliphatic heterocycles. The molecule has 0 bridgehead atoms. The van der Waals surface area contributed by atoms with Crippen molar-refractivity contribution in [1.82, 2.24) is 0 Å². The highest BCUT2D eigenvalue weighted by molar-refractivity contribution is 6.21. The predicted molar refractivity (Wildman–Crippen MR) is 66.0 cm³/mol. The van der Waals surface area contributed by atoms with E-state index in [9.17, 15) is 0 Å². The molecule has 1 aromatic carbocycles. The molecule has 0 radical (unpaired) electrons. The van der Waals surface area contributed by atoms with Gasteiger partial charge in [-0.05, 0) is 48.8 Å². The van der Waals surface area contributed by atoms with E-state index >= 15 is 0 Å². The minimum atomic E-state index is 0.0356. The first-order valence-electron chi connectivity index (χ1n) is 6.22. The molecule has 2 atom stereocenters. The molecule has 2 heteroatoms. The molecule has 0 amide bonds. The van der Waals surface area contributed by atoms with Crippen molar-refractivity contribution in [3.63, 3.8) is 0 Å². The van der Waals surface area contributed by atoms with Gasteiger partial charge in [-0.2, -0.15) is 0 Å². The van der Waals surface area contributed by atoms with Gasteiger partial charge in [-0.25, -0.2) is 0 Å². The van der Waals surface area contributed by atoms with Gasteiger partial charge in [0, 0.05) is 6.61 Å². The minimum Gasteiger partial charge on any atom is -0.376 e. The molecule has 1 heterocycles. The van der Waals surface area contributed by atoms with Crippen molar-refractivity contribution in [2.24, 2.45) is 0 Å². The number of benzene rings is 1. The van der Waals surface area contributed by atoms with E-state index in [2.05, 4.69) is 18.2 Å². The third-order valence-corrected chi connectivity index (χ3v) is 4.27. The number of halogens is 1. The molecule has 2 aliphatic rings. The van der Waals surface area contributed by atoms with Crippen molar-refractivity contribution in [2.45, 2.75) is 43.6 Å². The van der Waals surface area contributed by atoms with E-state index in [1.165, 1.54) is 36.0 Å². The maximum Gasteiger partial charge on any atom is 0.0847 e. The van der Waals surface area contributed by atoms with Crippen LogP contribution in [0, 0.1) is 0 Å². The summed E-state index contributed by atoms with van der Waals surface area (Å²) in [6.07, 6.45) is 6.23. The lowest BCUT2D eigenvalue weighted by molar-refractivity contribution is 0.107. The van der Waals surface area contributed by atoms with Gasteiger partial charge in [0.1, 0.15) is 0 Å². The summed E-state index contributed by atoms with van der Waals surface area (Å²) in [6.45, 7) is 0.874. The first-order chi connectivity index (χ1) is 7.84. The number of alkyl halides is 1.